The van der Waals surface area contributed by atoms with E-state index in [1.165, 1.54) is 51.4 Å². The van der Waals surface area contributed by atoms with Crippen molar-refractivity contribution in [2.45, 2.75) is 65.2 Å². The summed E-state index contributed by atoms with van der Waals surface area (Å²) < 4.78 is 0. The molecule has 3 heteroatoms. The highest BCUT2D eigenvalue weighted by Gasteiger charge is 2.12. The Hall–Kier alpha value is -0.570. The number of rotatable bonds is 12. The van der Waals surface area contributed by atoms with Crippen LogP contribution in [0.5, 0.6) is 0 Å². The van der Waals surface area contributed by atoms with Gasteiger partial charge in [0.25, 0.3) is 0 Å². The van der Waals surface area contributed by atoms with Crippen LogP contribution in [0.4, 0.5) is 0 Å². The number of unbranched alkanes of at least 4 members (excludes halogenated alkanes) is 7. The smallest absolute Gasteiger partial charge is 0.307 e. The molecule has 0 heterocycles. The third-order valence-corrected chi connectivity index (χ3v) is 3.40. The van der Waals surface area contributed by atoms with Crippen LogP contribution in [-0.4, -0.2) is 36.1 Å². The van der Waals surface area contributed by atoms with Gasteiger partial charge >= 0.3 is 5.97 Å². The predicted molar refractivity (Wildman–Crippen MR) is 76.9 cm³/mol. The van der Waals surface area contributed by atoms with Crippen molar-refractivity contribution in [1.29, 1.82) is 0 Å². The van der Waals surface area contributed by atoms with Crippen LogP contribution in [0.3, 0.4) is 0 Å². The second kappa shape index (κ2) is 11.5. The molecule has 0 amide bonds. The Bertz CT molecular complexity index is 207. The second-order valence-electron chi connectivity index (χ2n) is 5.48. The van der Waals surface area contributed by atoms with Crippen molar-refractivity contribution in [2.75, 3.05) is 20.1 Å². The summed E-state index contributed by atoms with van der Waals surface area (Å²) >= 11 is 0. The number of aliphatic carboxylic acids is 1. The van der Waals surface area contributed by atoms with Crippen molar-refractivity contribution in [3.63, 3.8) is 0 Å². The highest BCUT2D eigenvalue weighted by molar-refractivity contribution is 5.69. The molecule has 18 heavy (non-hydrogen) atoms. The molecule has 1 unspecified atom stereocenters. The number of carboxylic acids is 1. The van der Waals surface area contributed by atoms with Gasteiger partial charge in [0.2, 0.25) is 0 Å². The normalized spacial score (nSPS) is 12.9. The van der Waals surface area contributed by atoms with Crippen molar-refractivity contribution in [3.05, 3.63) is 0 Å². The van der Waals surface area contributed by atoms with E-state index in [9.17, 15) is 4.79 Å². The van der Waals surface area contributed by atoms with Gasteiger partial charge in [-0.05, 0) is 20.0 Å². The third-order valence-electron chi connectivity index (χ3n) is 3.40. The summed E-state index contributed by atoms with van der Waals surface area (Å²) in [6.07, 6.45) is 10.6. The summed E-state index contributed by atoms with van der Waals surface area (Å²) in [5.74, 6) is -0.957. The van der Waals surface area contributed by atoms with Gasteiger partial charge in [0.1, 0.15) is 0 Å². The summed E-state index contributed by atoms with van der Waals surface area (Å²) in [5.41, 5.74) is 0. The minimum absolute atomic E-state index is 0.260. The minimum Gasteiger partial charge on any atom is -0.481 e. The molecule has 0 aromatic carbocycles. The lowest BCUT2D eigenvalue weighted by Gasteiger charge is -2.18. The molecule has 0 saturated heterocycles. The van der Waals surface area contributed by atoms with Gasteiger partial charge in [-0.2, -0.15) is 0 Å². The predicted octanol–water partition coefficient (Wildman–Crippen LogP) is 3.78. The Morgan fingerprint density at radius 3 is 2.06 bits per heavy atom. The zero-order valence-corrected chi connectivity index (χ0v) is 12.5. The summed E-state index contributed by atoms with van der Waals surface area (Å²) in [4.78, 5) is 12.8. The zero-order chi connectivity index (χ0) is 13.8. The quantitative estimate of drug-likeness (QED) is 0.541. The van der Waals surface area contributed by atoms with Crippen LogP contribution in [0, 0.1) is 5.92 Å². The largest absolute Gasteiger partial charge is 0.481 e. The van der Waals surface area contributed by atoms with E-state index in [-0.39, 0.29) is 5.92 Å². The number of hydrogen-bond acceptors (Lipinski definition) is 2. The van der Waals surface area contributed by atoms with Gasteiger partial charge in [-0.1, -0.05) is 58.8 Å². The van der Waals surface area contributed by atoms with Gasteiger partial charge in [-0.3, -0.25) is 4.79 Å². The summed E-state index contributed by atoms with van der Waals surface area (Å²) in [7, 11) is 2.01. The maximum Gasteiger partial charge on any atom is 0.307 e. The lowest BCUT2D eigenvalue weighted by molar-refractivity contribution is -0.141. The van der Waals surface area contributed by atoms with Gasteiger partial charge in [-0.25, -0.2) is 0 Å². The minimum atomic E-state index is -0.697. The molecule has 108 valence electrons. The van der Waals surface area contributed by atoms with Gasteiger partial charge in [-0.15, -0.1) is 0 Å². The molecule has 1 N–H and O–H groups in total. The van der Waals surface area contributed by atoms with E-state index in [0.717, 1.165) is 6.54 Å². The van der Waals surface area contributed by atoms with Gasteiger partial charge in [0.15, 0.2) is 0 Å². The van der Waals surface area contributed by atoms with Crippen LogP contribution in [-0.2, 0) is 4.79 Å². The first kappa shape index (κ1) is 17.4. The average molecular weight is 257 g/mol. The van der Waals surface area contributed by atoms with E-state index < -0.39 is 5.97 Å². The Balaban J connectivity index is 3.30. The fraction of sp³-hybridized carbons (Fsp3) is 0.933. The molecule has 1 atom stereocenters. The lowest BCUT2D eigenvalue weighted by atomic mass is 10.1. The van der Waals surface area contributed by atoms with Crippen LogP contribution in [0.1, 0.15) is 65.2 Å². The average Bonchev–Trinajstić information content (AvgIpc) is 2.32. The first-order chi connectivity index (χ1) is 8.57. The number of carbonyl (C=O) groups is 1. The van der Waals surface area contributed by atoms with Crippen molar-refractivity contribution in [3.8, 4) is 0 Å². The molecule has 0 aromatic heterocycles. The Kier molecular flexibility index (Phi) is 11.2. The molecular formula is C15H31NO2. The Labute approximate surface area is 113 Å². The van der Waals surface area contributed by atoms with Gasteiger partial charge in [0, 0.05) is 6.54 Å². The van der Waals surface area contributed by atoms with E-state index in [2.05, 4.69) is 11.8 Å². The Morgan fingerprint density at radius 2 is 1.56 bits per heavy atom. The third kappa shape index (κ3) is 10.6. The fourth-order valence-corrected chi connectivity index (χ4v) is 2.15. The summed E-state index contributed by atoms with van der Waals surface area (Å²) in [5, 5.41) is 8.82. The van der Waals surface area contributed by atoms with E-state index in [1.807, 2.05) is 7.05 Å². The monoisotopic (exact) mass is 257 g/mol. The molecule has 3 nitrogen and oxygen atoms in total. The number of carboxylic acid groups (broad SMARTS) is 1. The first-order valence-electron chi connectivity index (χ1n) is 7.49. The number of hydrogen-bond donors (Lipinski definition) is 1. The SMILES string of the molecule is CCCCCCCCCCN(C)CC(C)C(=O)O. The maximum atomic E-state index is 10.7. The van der Waals surface area contributed by atoms with Crippen molar-refractivity contribution < 1.29 is 9.90 Å². The molecule has 0 aliphatic heterocycles. The molecule has 0 saturated carbocycles. The van der Waals surface area contributed by atoms with Gasteiger partial charge < -0.3 is 10.0 Å². The summed E-state index contributed by atoms with van der Waals surface area (Å²) in [6.45, 7) is 5.69. The van der Waals surface area contributed by atoms with Crippen molar-refractivity contribution >= 4 is 5.97 Å². The highest BCUT2D eigenvalue weighted by Crippen LogP contribution is 2.09. The standard InChI is InChI=1S/C15H31NO2/c1-4-5-6-7-8-9-10-11-12-16(3)13-14(2)15(17)18/h14H,4-13H2,1-3H3,(H,17,18). The van der Waals surface area contributed by atoms with Crippen molar-refractivity contribution in [1.82, 2.24) is 4.90 Å². The van der Waals surface area contributed by atoms with E-state index in [0.29, 0.717) is 6.54 Å². The van der Waals surface area contributed by atoms with Crippen LogP contribution >= 0.6 is 0 Å². The van der Waals surface area contributed by atoms with E-state index >= 15 is 0 Å². The molecular weight excluding hydrogens is 226 g/mol. The molecule has 0 aliphatic carbocycles. The lowest BCUT2D eigenvalue weighted by Crippen LogP contribution is -2.29. The fourth-order valence-electron chi connectivity index (χ4n) is 2.15. The topological polar surface area (TPSA) is 40.5 Å². The molecule has 0 aromatic rings. The van der Waals surface area contributed by atoms with E-state index in [4.69, 9.17) is 5.11 Å². The van der Waals surface area contributed by atoms with Crippen LogP contribution in [0.25, 0.3) is 0 Å². The summed E-state index contributed by atoms with van der Waals surface area (Å²) in [6, 6.07) is 0. The van der Waals surface area contributed by atoms with E-state index in [1.54, 1.807) is 6.92 Å². The molecule has 0 spiro atoms. The van der Waals surface area contributed by atoms with Gasteiger partial charge in [0.05, 0.1) is 5.92 Å². The Morgan fingerprint density at radius 1 is 1.06 bits per heavy atom. The molecule has 0 rings (SSSR count). The van der Waals surface area contributed by atoms with Crippen LogP contribution in [0.2, 0.25) is 0 Å². The molecule has 0 fully saturated rings. The number of nitrogens with zero attached hydrogens (tertiary/aromatic N) is 1. The molecule has 0 aliphatic rings. The first-order valence-corrected chi connectivity index (χ1v) is 7.49. The maximum absolute atomic E-state index is 10.7. The van der Waals surface area contributed by atoms with Crippen molar-refractivity contribution in [2.24, 2.45) is 5.92 Å². The van der Waals surface area contributed by atoms with Crippen LogP contribution < -0.4 is 0 Å². The van der Waals surface area contributed by atoms with Crippen LogP contribution in [0.15, 0.2) is 0 Å². The molecule has 0 bridgehead atoms. The second-order valence-corrected chi connectivity index (χ2v) is 5.48. The molecule has 0 radical (unpaired) electrons. The zero-order valence-electron chi connectivity index (χ0n) is 12.5. The highest BCUT2D eigenvalue weighted by atomic mass is 16.4.